The smallest absolute Gasteiger partial charge is 0.253 e. The van der Waals surface area contributed by atoms with E-state index in [4.69, 9.17) is 0 Å². The van der Waals surface area contributed by atoms with Gasteiger partial charge in [-0.1, -0.05) is 30.3 Å². The van der Waals surface area contributed by atoms with Crippen molar-refractivity contribution in [2.75, 3.05) is 5.32 Å². The zero-order valence-electron chi connectivity index (χ0n) is 14.0. The number of carbonyl (C=O) groups excluding carboxylic acids is 1. The summed E-state index contributed by atoms with van der Waals surface area (Å²) in [6, 6.07) is 14.2. The summed E-state index contributed by atoms with van der Waals surface area (Å²) < 4.78 is 26.7. The molecular weight excluding hydrogens is 336 g/mol. The molecule has 0 aliphatic heterocycles. The topological polar surface area (TPSA) is 54.0 Å². The van der Waals surface area contributed by atoms with Gasteiger partial charge in [0.2, 0.25) is 0 Å². The van der Waals surface area contributed by atoms with E-state index in [0.29, 0.717) is 11.3 Å². The fourth-order valence-corrected chi connectivity index (χ4v) is 2.48. The minimum absolute atomic E-state index is 0.100. The molecule has 3 aromatic rings. The maximum Gasteiger partial charge on any atom is 0.253 e. The number of rotatable bonds is 5. The van der Waals surface area contributed by atoms with Gasteiger partial charge in [-0.05, 0) is 30.7 Å². The molecular formula is C20H17F2N3O. The molecule has 0 saturated carbocycles. The second kappa shape index (κ2) is 7.74. The molecule has 3 rings (SSSR count). The molecule has 0 radical (unpaired) electrons. The molecule has 132 valence electrons. The van der Waals surface area contributed by atoms with Crippen molar-refractivity contribution in [3.05, 3.63) is 89.8 Å². The molecule has 1 amide bonds. The Kier molecular flexibility index (Phi) is 5.22. The summed E-state index contributed by atoms with van der Waals surface area (Å²) in [4.78, 5) is 16.5. The van der Waals surface area contributed by atoms with Crippen molar-refractivity contribution >= 4 is 17.3 Å². The fraction of sp³-hybridized carbons (Fsp3) is 0.100. The van der Waals surface area contributed by atoms with E-state index in [1.54, 1.807) is 6.07 Å². The highest BCUT2D eigenvalue weighted by Crippen LogP contribution is 2.21. The predicted molar refractivity (Wildman–Crippen MR) is 96.2 cm³/mol. The van der Waals surface area contributed by atoms with Crippen LogP contribution in [-0.2, 0) is 0 Å². The van der Waals surface area contributed by atoms with Gasteiger partial charge in [-0.2, -0.15) is 0 Å². The number of amides is 1. The molecule has 0 fully saturated rings. The third kappa shape index (κ3) is 4.22. The number of aromatic nitrogens is 1. The van der Waals surface area contributed by atoms with Crippen molar-refractivity contribution in [2.45, 2.75) is 13.0 Å². The van der Waals surface area contributed by atoms with Crippen molar-refractivity contribution in [2.24, 2.45) is 0 Å². The Balaban J connectivity index is 1.73. The highest BCUT2D eigenvalue weighted by atomic mass is 19.1. The van der Waals surface area contributed by atoms with Crippen LogP contribution >= 0.6 is 0 Å². The second-order valence-electron chi connectivity index (χ2n) is 5.82. The van der Waals surface area contributed by atoms with Gasteiger partial charge in [0.1, 0.15) is 11.6 Å². The normalized spacial score (nSPS) is 11.7. The fourth-order valence-electron chi connectivity index (χ4n) is 2.48. The standard InChI is InChI=1S/C20H17F2N3O/c1-13(14-5-3-2-4-6-14)24-20(26)15-9-17(12-23-11-15)25-19-8-7-16(21)10-18(19)22/h2-13,25H,1H3,(H,24,26). The lowest BCUT2D eigenvalue weighted by Gasteiger charge is -2.15. The van der Waals surface area contributed by atoms with Crippen LogP contribution in [0.25, 0.3) is 0 Å². The third-order valence-corrected chi connectivity index (χ3v) is 3.86. The molecule has 0 bridgehead atoms. The van der Waals surface area contributed by atoms with Gasteiger partial charge in [0, 0.05) is 12.3 Å². The highest BCUT2D eigenvalue weighted by molar-refractivity contribution is 5.95. The first kappa shape index (κ1) is 17.5. The van der Waals surface area contributed by atoms with Crippen LogP contribution in [-0.4, -0.2) is 10.9 Å². The van der Waals surface area contributed by atoms with E-state index >= 15 is 0 Å². The number of nitrogens with zero attached hydrogens (tertiary/aromatic N) is 1. The quantitative estimate of drug-likeness (QED) is 0.705. The van der Waals surface area contributed by atoms with Crippen LogP contribution in [0.5, 0.6) is 0 Å². The lowest BCUT2D eigenvalue weighted by atomic mass is 10.1. The monoisotopic (exact) mass is 353 g/mol. The Bertz CT molecular complexity index is 916. The van der Waals surface area contributed by atoms with E-state index in [1.807, 2.05) is 37.3 Å². The Morgan fingerprint density at radius 2 is 1.81 bits per heavy atom. The summed E-state index contributed by atoms with van der Waals surface area (Å²) in [7, 11) is 0. The number of pyridine rings is 1. The van der Waals surface area contributed by atoms with Gasteiger partial charge in [0.05, 0.1) is 29.2 Å². The number of anilines is 2. The van der Waals surface area contributed by atoms with Gasteiger partial charge in [-0.3, -0.25) is 9.78 Å². The van der Waals surface area contributed by atoms with E-state index in [2.05, 4.69) is 15.6 Å². The minimum atomic E-state index is -0.724. The van der Waals surface area contributed by atoms with E-state index in [1.165, 1.54) is 18.5 Å². The van der Waals surface area contributed by atoms with Crippen LogP contribution in [0.3, 0.4) is 0 Å². The number of halogens is 2. The molecule has 2 aromatic carbocycles. The summed E-state index contributed by atoms with van der Waals surface area (Å²) in [6.07, 6.45) is 2.89. The van der Waals surface area contributed by atoms with Gasteiger partial charge < -0.3 is 10.6 Å². The van der Waals surface area contributed by atoms with Crippen LogP contribution in [0.2, 0.25) is 0 Å². The van der Waals surface area contributed by atoms with Gasteiger partial charge in [-0.25, -0.2) is 8.78 Å². The number of hydrogen-bond donors (Lipinski definition) is 2. The van der Waals surface area contributed by atoms with Crippen LogP contribution in [0.15, 0.2) is 67.0 Å². The van der Waals surface area contributed by atoms with Crippen LogP contribution < -0.4 is 10.6 Å². The summed E-state index contributed by atoms with van der Waals surface area (Å²) in [5.74, 6) is -1.68. The molecule has 2 N–H and O–H groups in total. The number of carbonyl (C=O) groups is 1. The summed E-state index contributed by atoms with van der Waals surface area (Å²) in [5.41, 5.74) is 1.84. The van der Waals surface area contributed by atoms with E-state index in [0.717, 1.165) is 17.7 Å². The van der Waals surface area contributed by atoms with Gasteiger partial charge >= 0.3 is 0 Å². The Hall–Kier alpha value is -3.28. The first-order valence-electron chi connectivity index (χ1n) is 8.06. The summed E-state index contributed by atoms with van der Waals surface area (Å²) >= 11 is 0. The van der Waals surface area contributed by atoms with Crippen molar-refractivity contribution in [1.29, 1.82) is 0 Å². The summed E-state index contributed by atoms with van der Waals surface area (Å²) in [5, 5.41) is 5.69. The molecule has 1 heterocycles. The molecule has 1 unspecified atom stereocenters. The van der Waals surface area contributed by atoms with Crippen molar-refractivity contribution in [1.82, 2.24) is 10.3 Å². The number of nitrogens with one attached hydrogen (secondary N) is 2. The Morgan fingerprint density at radius 3 is 2.54 bits per heavy atom. The average Bonchev–Trinajstić information content (AvgIpc) is 2.65. The Labute approximate surface area is 149 Å². The second-order valence-corrected chi connectivity index (χ2v) is 5.82. The maximum absolute atomic E-state index is 13.8. The van der Waals surface area contributed by atoms with E-state index < -0.39 is 11.6 Å². The van der Waals surface area contributed by atoms with E-state index in [-0.39, 0.29) is 17.6 Å². The zero-order valence-corrected chi connectivity index (χ0v) is 14.0. The maximum atomic E-state index is 13.8. The largest absolute Gasteiger partial charge is 0.352 e. The Morgan fingerprint density at radius 1 is 1.04 bits per heavy atom. The lowest BCUT2D eigenvalue weighted by Crippen LogP contribution is -2.26. The number of hydrogen-bond acceptors (Lipinski definition) is 3. The van der Waals surface area contributed by atoms with Gasteiger partial charge in [0.25, 0.3) is 5.91 Å². The third-order valence-electron chi connectivity index (χ3n) is 3.86. The van der Waals surface area contributed by atoms with Gasteiger partial charge in [-0.15, -0.1) is 0 Å². The molecule has 0 aliphatic rings. The molecule has 0 spiro atoms. The molecule has 0 aliphatic carbocycles. The minimum Gasteiger partial charge on any atom is -0.352 e. The predicted octanol–water partition coefficient (Wildman–Crippen LogP) is 4.59. The van der Waals surface area contributed by atoms with Gasteiger partial charge in [0.15, 0.2) is 0 Å². The van der Waals surface area contributed by atoms with Crippen molar-refractivity contribution in [3.8, 4) is 0 Å². The van der Waals surface area contributed by atoms with E-state index in [9.17, 15) is 13.6 Å². The van der Waals surface area contributed by atoms with Crippen LogP contribution in [0.4, 0.5) is 20.2 Å². The number of benzene rings is 2. The molecule has 0 saturated heterocycles. The van der Waals surface area contributed by atoms with Crippen molar-refractivity contribution < 1.29 is 13.6 Å². The molecule has 1 atom stereocenters. The van der Waals surface area contributed by atoms with Crippen molar-refractivity contribution in [3.63, 3.8) is 0 Å². The van der Waals surface area contributed by atoms with Crippen LogP contribution in [0.1, 0.15) is 28.9 Å². The summed E-state index contributed by atoms with van der Waals surface area (Å²) in [6.45, 7) is 1.89. The molecule has 1 aromatic heterocycles. The molecule has 6 heteroatoms. The SMILES string of the molecule is CC(NC(=O)c1cncc(Nc2ccc(F)cc2F)c1)c1ccccc1. The first-order valence-corrected chi connectivity index (χ1v) is 8.06. The van der Waals surface area contributed by atoms with Crippen LogP contribution in [0, 0.1) is 11.6 Å². The first-order chi connectivity index (χ1) is 12.5. The molecule has 26 heavy (non-hydrogen) atoms. The zero-order chi connectivity index (χ0) is 18.5. The average molecular weight is 353 g/mol. The highest BCUT2D eigenvalue weighted by Gasteiger charge is 2.13. The molecule has 4 nitrogen and oxygen atoms in total. The lowest BCUT2D eigenvalue weighted by molar-refractivity contribution is 0.0939.